The number of rotatable bonds is 7. The van der Waals surface area contributed by atoms with Crippen molar-refractivity contribution in [2.24, 2.45) is 0 Å². The number of hydrogen-bond acceptors (Lipinski definition) is 3. The van der Waals surface area contributed by atoms with E-state index in [2.05, 4.69) is 23.7 Å². The fourth-order valence-corrected chi connectivity index (χ4v) is 2.35. The molecule has 0 saturated carbocycles. The van der Waals surface area contributed by atoms with Crippen molar-refractivity contribution in [3.63, 3.8) is 0 Å². The lowest BCUT2D eigenvalue weighted by Gasteiger charge is -2.24. The van der Waals surface area contributed by atoms with E-state index in [1.54, 1.807) is 0 Å². The second-order valence-electron chi connectivity index (χ2n) is 5.43. The Balaban J connectivity index is 1.88. The molecule has 0 amide bonds. The summed E-state index contributed by atoms with van der Waals surface area (Å²) in [6.07, 6.45) is 4.21. The van der Waals surface area contributed by atoms with Crippen LogP contribution in [0.1, 0.15) is 29.7 Å². The Hall–Kier alpha value is -1.71. The molecule has 0 aliphatic carbocycles. The number of likely N-dealkylation sites (N-methyl/N-ethyl adjacent to an activating group) is 1. The topological polar surface area (TPSA) is 36.4 Å². The molecule has 0 fully saturated rings. The molecule has 1 aromatic carbocycles. The third-order valence-corrected chi connectivity index (χ3v) is 3.81. The van der Waals surface area contributed by atoms with E-state index in [-0.39, 0.29) is 0 Å². The Kier molecular flexibility index (Phi) is 5.90. The van der Waals surface area contributed by atoms with Gasteiger partial charge in [0, 0.05) is 25.5 Å². The normalized spacial score (nSPS) is 12.6. The van der Waals surface area contributed by atoms with Crippen LogP contribution in [0.5, 0.6) is 0 Å². The molecule has 0 saturated heterocycles. The van der Waals surface area contributed by atoms with Crippen LogP contribution in [-0.4, -0.2) is 34.6 Å². The minimum Gasteiger partial charge on any atom is -0.387 e. The number of benzene rings is 1. The maximum atomic E-state index is 10.4. The predicted octanol–water partition coefficient (Wildman–Crippen LogP) is 2.99. The number of aromatic nitrogens is 1. The Morgan fingerprint density at radius 1 is 1.10 bits per heavy atom. The van der Waals surface area contributed by atoms with Crippen LogP contribution in [0.15, 0.2) is 48.8 Å². The number of aliphatic hydroxyl groups is 1. The molecule has 112 valence electrons. The van der Waals surface area contributed by atoms with Gasteiger partial charge >= 0.3 is 0 Å². The number of nitrogens with zero attached hydrogens (tertiary/aromatic N) is 2. The zero-order valence-corrected chi connectivity index (χ0v) is 12.9. The molecule has 21 heavy (non-hydrogen) atoms. The molecule has 1 N–H and O–H groups in total. The summed E-state index contributed by atoms with van der Waals surface area (Å²) in [5.74, 6) is 0. The third kappa shape index (κ3) is 4.96. The minimum atomic E-state index is -0.428. The van der Waals surface area contributed by atoms with Gasteiger partial charge in [-0.15, -0.1) is 0 Å². The van der Waals surface area contributed by atoms with Crippen molar-refractivity contribution in [3.8, 4) is 0 Å². The van der Waals surface area contributed by atoms with Gasteiger partial charge in [0.05, 0.1) is 6.10 Å². The fourth-order valence-electron chi connectivity index (χ4n) is 2.35. The number of aryl methyl sites for hydroxylation is 1. The molecular weight excluding hydrogens is 260 g/mol. The van der Waals surface area contributed by atoms with Gasteiger partial charge in [0.15, 0.2) is 0 Å². The van der Waals surface area contributed by atoms with Gasteiger partial charge in [-0.25, -0.2) is 0 Å². The van der Waals surface area contributed by atoms with Crippen LogP contribution in [-0.2, 0) is 6.42 Å². The highest BCUT2D eigenvalue weighted by Crippen LogP contribution is 2.15. The van der Waals surface area contributed by atoms with Crippen LogP contribution in [0, 0.1) is 6.92 Å². The summed E-state index contributed by atoms with van der Waals surface area (Å²) >= 11 is 0. The SMILES string of the molecule is CCN(CCc1ccncc1)C[C@H](O)c1ccc(C)cc1. The smallest absolute Gasteiger partial charge is 0.0916 e. The van der Waals surface area contributed by atoms with Gasteiger partial charge in [-0.2, -0.15) is 0 Å². The van der Waals surface area contributed by atoms with Crippen LogP contribution in [0.2, 0.25) is 0 Å². The molecule has 1 heterocycles. The minimum absolute atomic E-state index is 0.428. The Bertz CT molecular complexity index is 525. The van der Waals surface area contributed by atoms with Crippen LogP contribution in [0.3, 0.4) is 0 Å². The van der Waals surface area contributed by atoms with E-state index in [4.69, 9.17) is 0 Å². The third-order valence-electron chi connectivity index (χ3n) is 3.81. The van der Waals surface area contributed by atoms with E-state index >= 15 is 0 Å². The molecule has 3 nitrogen and oxygen atoms in total. The summed E-state index contributed by atoms with van der Waals surface area (Å²) in [6.45, 7) is 6.75. The monoisotopic (exact) mass is 284 g/mol. The number of pyridine rings is 1. The molecule has 2 aromatic rings. The van der Waals surface area contributed by atoms with E-state index in [1.165, 1.54) is 11.1 Å². The zero-order chi connectivity index (χ0) is 15.1. The van der Waals surface area contributed by atoms with Crippen molar-refractivity contribution < 1.29 is 5.11 Å². The molecular formula is C18H24N2O. The van der Waals surface area contributed by atoms with Gasteiger partial charge in [0.1, 0.15) is 0 Å². The molecule has 0 spiro atoms. The standard InChI is InChI=1S/C18H24N2O/c1-3-20(13-10-16-8-11-19-12-9-16)14-18(21)17-6-4-15(2)5-7-17/h4-9,11-12,18,21H,3,10,13-14H2,1-2H3/t18-/m0/s1. The molecule has 0 aliphatic rings. The van der Waals surface area contributed by atoms with Crippen LogP contribution in [0.25, 0.3) is 0 Å². The largest absolute Gasteiger partial charge is 0.387 e. The summed E-state index contributed by atoms with van der Waals surface area (Å²) in [6, 6.07) is 12.2. The first kappa shape index (κ1) is 15.7. The molecule has 3 heteroatoms. The van der Waals surface area contributed by atoms with Gasteiger partial charge in [-0.05, 0) is 43.1 Å². The van der Waals surface area contributed by atoms with Gasteiger partial charge in [0.2, 0.25) is 0 Å². The Labute approximate surface area is 127 Å². The first-order valence-electron chi connectivity index (χ1n) is 7.55. The molecule has 0 radical (unpaired) electrons. The van der Waals surface area contributed by atoms with Crippen molar-refractivity contribution in [2.75, 3.05) is 19.6 Å². The summed E-state index contributed by atoms with van der Waals surface area (Å²) in [4.78, 5) is 6.32. The molecule has 0 bridgehead atoms. The summed E-state index contributed by atoms with van der Waals surface area (Å²) in [7, 11) is 0. The van der Waals surface area contributed by atoms with Crippen LogP contribution >= 0.6 is 0 Å². The van der Waals surface area contributed by atoms with Crippen molar-refractivity contribution in [2.45, 2.75) is 26.4 Å². The van der Waals surface area contributed by atoms with E-state index in [0.29, 0.717) is 6.54 Å². The van der Waals surface area contributed by atoms with E-state index in [0.717, 1.165) is 25.1 Å². The second-order valence-corrected chi connectivity index (χ2v) is 5.43. The van der Waals surface area contributed by atoms with Crippen LogP contribution in [0.4, 0.5) is 0 Å². The fraction of sp³-hybridized carbons (Fsp3) is 0.389. The summed E-state index contributed by atoms with van der Waals surface area (Å²) in [5.41, 5.74) is 3.49. The van der Waals surface area contributed by atoms with E-state index < -0.39 is 6.10 Å². The predicted molar refractivity (Wildman–Crippen MR) is 86.2 cm³/mol. The average molecular weight is 284 g/mol. The van der Waals surface area contributed by atoms with E-state index in [9.17, 15) is 5.11 Å². The highest BCUT2D eigenvalue weighted by atomic mass is 16.3. The summed E-state index contributed by atoms with van der Waals surface area (Å²) < 4.78 is 0. The van der Waals surface area contributed by atoms with Crippen molar-refractivity contribution in [3.05, 3.63) is 65.5 Å². The maximum absolute atomic E-state index is 10.4. The lowest BCUT2D eigenvalue weighted by atomic mass is 10.1. The molecule has 1 atom stereocenters. The highest BCUT2D eigenvalue weighted by Gasteiger charge is 2.12. The second kappa shape index (κ2) is 7.91. The van der Waals surface area contributed by atoms with Crippen molar-refractivity contribution in [1.82, 2.24) is 9.88 Å². The van der Waals surface area contributed by atoms with Crippen LogP contribution < -0.4 is 0 Å². The molecule has 0 unspecified atom stereocenters. The average Bonchev–Trinajstić information content (AvgIpc) is 2.53. The van der Waals surface area contributed by atoms with Crippen molar-refractivity contribution >= 4 is 0 Å². The first-order chi connectivity index (χ1) is 10.2. The van der Waals surface area contributed by atoms with Gasteiger partial charge < -0.3 is 10.0 Å². The van der Waals surface area contributed by atoms with Crippen molar-refractivity contribution in [1.29, 1.82) is 0 Å². The molecule has 0 aliphatic heterocycles. The zero-order valence-electron chi connectivity index (χ0n) is 12.9. The van der Waals surface area contributed by atoms with Gasteiger partial charge in [0.25, 0.3) is 0 Å². The van der Waals surface area contributed by atoms with E-state index in [1.807, 2.05) is 48.8 Å². The molecule has 2 rings (SSSR count). The lowest BCUT2D eigenvalue weighted by Crippen LogP contribution is -2.30. The number of hydrogen-bond donors (Lipinski definition) is 1. The first-order valence-corrected chi connectivity index (χ1v) is 7.55. The Morgan fingerprint density at radius 3 is 2.38 bits per heavy atom. The molecule has 1 aromatic heterocycles. The number of aliphatic hydroxyl groups excluding tert-OH is 1. The highest BCUT2D eigenvalue weighted by molar-refractivity contribution is 5.23. The summed E-state index contributed by atoms with van der Waals surface area (Å²) in [5, 5.41) is 10.4. The Morgan fingerprint density at radius 2 is 1.76 bits per heavy atom. The quantitative estimate of drug-likeness (QED) is 0.849. The van der Waals surface area contributed by atoms with Gasteiger partial charge in [-0.1, -0.05) is 36.8 Å². The van der Waals surface area contributed by atoms with Gasteiger partial charge in [-0.3, -0.25) is 4.98 Å². The maximum Gasteiger partial charge on any atom is 0.0916 e. The lowest BCUT2D eigenvalue weighted by molar-refractivity contribution is 0.116.